The van der Waals surface area contributed by atoms with Crippen LogP contribution in [0.25, 0.3) is 9.69 Å². The molecule has 0 aromatic heterocycles. The molecule has 2 nitrogen and oxygen atoms in total. The summed E-state index contributed by atoms with van der Waals surface area (Å²) in [6, 6.07) is 0. The molecule has 0 aromatic rings. The topological polar surface area (TPSA) is 8.72 Å². The molecule has 0 bridgehead atoms. The first-order valence-electron chi connectivity index (χ1n) is 7.08. The molecule has 0 heterocycles. The average Bonchev–Trinajstić information content (AvgIpc) is 2.37. The van der Waals surface area contributed by atoms with Crippen LogP contribution in [0.5, 0.6) is 0 Å². The second-order valence-corrected chi connectivity index (χ2v) is 6.39. The van der Waals surface area contributed by atoms with Gasteiger partial charge >= 0.3 is 0 Å². The van der Waals surface area contributed by atoms with Crippen LogP contribution in [-0.4, -0.2) is 0 Å². The van der Waals surface area contributed by atoms with E-state index >= 15 is 0 Å². The Morgan fingerprint density at radius 3 is 2.05 bits per heavy atom. The van der Waals surface area contributed by atoms with Gasteiger partial charge in [0.1, 0.15) is 0 Å². The van der Waals surface area contributed by atoms with Crippen molar-refractivity contribution in [1.82, 2.24) is 0 Å². The largest absolute Gasteiger partial charge is 0.244 e. The van der Waals surface area contributed by atoms with Gasteiger partial charge in [-0.25, -0.2) is 9.69 Å². The molecule has 0 radical (unpaired) electrons. The van der Waals surface area contributed by atoms with Crippen LogP contribution in [0, 0.1) is 24.5 Å². The van der Waals surface area contributed by atoms with Crippen molar-refractivity contribution in [2.45, 2.75) is 59.8 Å². The zero-order chi connectivity index (χ0) is 14.5. The maximum absolute atomic E-state index is 7.48. The minimum Gasteiger partial charge on any atom is -0.244 e. The van der Waals surface area contributed by atoms with E-state index in [1.165, 1.54) is 37.7 Å². The fraction of sp³-hybridized carbons (Fsp3) is 0.647. The van der Waals surface area contributed by atoms with Crippen molar-refractivity contribution < 1.29 is 0 Å². The van der Waals surface area contributed by atoms with Gasteiger partial charge in [0.05, 0.1) is 13.1 Å². The fourth-order valence-electron chi connectivity index (χ4n) is 3.00. The van der Waals surface area contributed by atoms with Gasteiger partial charge in [0.15, 0.2) is 11.4 Å². The van der Waals surface area contributed by atoms with Crippen LogP contribution >= 0.6 is 0 Å². The minimum absolute atomic E-state index is 0.000692. The molecule has 0 spiro atoms. The molecule has 0 saturated heterocycles. The number of allylic oxidation sites excluding steroid dienone is 3. The van der Waals surface area contributed by atoms with E-state index in [1.807, 2.05) is 0 Å². The molecule has 0 amide bonds. The van der Waals surface area contributed by atoms with Crippen molar-refractivity contribution in [1.29, 1.82) is 0 Å². The van der Waals surface area contributed by atoms with E-state index < -0.39 is 0 Å². The summed E-state index contributed by atoms with van der Waals surface area (Å²) in [4.78, 5) is 7.15. The highest BCUT2D eigenvalue weighted by atomic mass is 14.7. The number of nitrogens with zero attached hydrogens (tertiary/aromatic N) is 2. The molecule has 19 heavy (non-hydrogen) atoms. The molecule has 1 rings (SSSR count). The Kier molecular flexibility index (Phi) is 5.37. The van der Waals surface area contributed by atoms with E-state index in [2.05, 4.69) is 30.5 Å². The summed E-state index contributed by atoms with van der Waals surface area (Å²) < 4.78 is 0. The van der Waals surface area contributed by atoms with Gasteiger partial charge in [0.2, 0.25) is 0 Å². The van der Waals surface area contributed by atoms with Crippen LogP contribution in [0.2, 0.25) is 0 Å². The maximum atomic E-state index is 7.48. The van der Waals surface area contributed by atoms with Gasteiger partial charge in [-0.15, -0.1) is 0 Å². The van der Waals surface area contributed by atoms with E-state index in [-0.39, 0.29) is 5.41 Å². The normalized spacial score (nSPS) is 19.4. The van der Waals surface area contributed by atoms with E-state index in [0.717, 1.165) is 0 Å². The first-order chi connectivity index (χ1) is 8.90. The summed E-state index contributed by atoms with van der Waals surface area (Å²) in [5.74, 6) is 0.521. The Morgan fingerprint density at radius 2 is 1.63 bits per heavy atom. The van der Waals surface area contributed by atoms with Gasteiger partial charge in [-0.3, -0.25) is 0 Å². The monoisotopic (exact) mass is 256 g/mol. The van der Waals surface area contributed by atoms with Crippen LogP contribution in [0.4, 0.5) is 0 Å². The predicted octanol–water partition coefficient (Wildman–Crippen LogP) is 5.61. The molecule has 0 aromatic carbocycles. The summed E-state index contributed by atoms with van der Waals surface area (Å²) >= 11 is 0. The van der Waals surface area contributed by atoms with E-state index in [0.29, 0.717) is 17.3 Å². The third kappa shape index (κ3) is 4.25. The lowest BCUT2D eigenvalue weighted by atomic mass is 9.72. The quantitative estimate of drug-likeness (QED) is 0.448. The lowest BCUT2D eigenvalue weighted by Gasteiger charge is -2.34. The molecule has 0 aliphatic heterocycles. The van der Waals surface area contributed by atoms with Gasteiger partial charge in [-0.1, -0.05) is 51.7 Å². The van der Waals surface area contributed by atoms with Crippen LogP contribution in [-0.2, 0) is 0 Å². The highest BCUT2D eigenvalue weighted by Gasteiger charge is 2.29. The molecule has 1 aliphatic carbocycles. The molecule has 102 valence electrons. The molecule has 1 aliphatic rings. The molecule has 0 unspecified atom stereocenters. The Labute approximate surface area is 117 Å². The van der Waals surface area contributed by atoms with Gasteiger partial charge < -0.3 is 0 Å². The summed E-state index contributed by atoms with van der Waals surface area (Å²) in [5, 5.41) is 0. The highest BCUT2D eigenvalue weighted by Crippen LogP contribution is 2.41. The number of hydrogen-bond donors (Lipinski definition) is 0. The van der Waals surface area contributed by atoms with Crippen molar-refractivity contribution in [3.63, 3.8) is 0 Å². The third-order valence-electron chi connectivity index (χ3n) is 3.74. The zero-order valence-electron chi connectivity index (χ0n) is 12.6. The second kappa shape index (κ2) is 6.58. The van der Waals surface area contributed by atoms with Crippen LogP contribution in [0.15, 0.2) is 23.0 Å². The minimum atomic E-state index is 0.000692. The molecule has 1 fully saturated rings. The molecular formula is C17H24N2. The highest BCUT2D eigenvalue weighted by molar-refractivity contribution is 5.38. The van der Waals surface area contributed by atoms with E-state index in [9.17, 15) is 0 Å². The SMILES string of the molecule is [C-]#[N+]C(C)=CC([N+]#[C-])=C(C1CCCCC1)C(C)(C)C. The van der Waals surface area contributed by atoms with Crippen LogP contribution < -0.4 is 0 Å². The van der Waals surface area contributed by atoms with Crippen LogP contribution in [0.3, 0.4) is 0 Å². The van der Waals surface area contributed by atoms with Crippen molar-refractivity contribution in [2.75, 3.05) is 0 Å². The second-order valence-electron chi connectivity index (χ2n) is 6.39. The summed E-state index contributed by atoms with van der Waals surface area (Å²) in [6.07, 6.45) is 8.00. The van der Waals surface area contributed by atoms with Crippen molar-refractivity contribution >= 4 is 0 Å². The Balaban J connectivity index is 3.28. The van der Waals surface area contributed by atoms with E-state index in [4.69, 9.17) is 13.1 Å². The molecular weight excluding hydrogens is 232 g/mol. The Hall–Kier alpha value is -1.54. The van der Waals surface area contributed by atoms with Crippen molar-refractivity contribution in [2.24, 2.45) is 11.3 Å². The van der Waals surface area contributed by atoms with E-state index in [1.54, 1.807) is 13.0 Å². The first-order valence-corrected chi connectivity index (χ1v) is 7.08. The lowest BCUT2D eigenvalue weighted by Crippen LogP contribution is -2.21. The van der Waals surface area contributed by atoms with Gasteiger partial charge in [0, 0.05) is 0 Å². The van der Waals surface area contributed by atoms with Gasteiger partial charge in [-0.05, 0) is 31.1 Å². The van der Waals surface area contributed by atoms with Gasteiger partial charge in [0.25, 0.3) is 0 Å². The Morgan fingerprint density at radius 1 is 1.05 bits per heavy atom. The summed E-state index contributed by atoms with van der Waals surface area (Å²) in [7, 11) is 0. The molecule has 0 N–H and O–H groups in total. The maximum Gasteiger partial charge on any atom is 0.177 e. The third-order valence-corrected chi connectivity index (χ3v) is 3.74. The molecule has 2 heteroatoms. The molecule has 0 atom stereocenters. The smallest absolute Gasteiger partial charge is 0.177 e. The van der Waals surface area contributed by atoms with Crippen LogP contribution in [0.1, 0.15) is 59.8 Å². The van der Waals surface area contributed by atoms with Crippen molar-refractivity contribution in [3.05, 3.63) is 45.9 Å². The Bertz CT molecular complexity index is 455. The van der Waals surface area contributed by atoms with Crippen molar-refractivity contribution in [3.8, 4) is 0 Å². The zero-order valence-corrected chi connectivity index (χ0v) is 12.6. The summed E-state index contributed by atoms with van der Waals surface area (Å²) in [6.45, 7) is 22.9. The molecule has 1 saturated carbocycles. The fourth-order valence-corrected chi connectivity index (χ4v) is 3.00. The average molecular weight is 256 g/mol. The first kappa shape index (κ1) is 15.5. The van der Waals surface area contributed by atoms with Gasteiger partial charge in [-0.2, -0.15) is 0 Å². The summed E-state index contributed by atoms with van der Waals surface area (Å²) in [5.41, 5.74) is 2.56. The number of rotatable bonds is 2. The lowest BCUT2D eigenvalue weighted by molar-refractivity contribution is 0.336. The standard InChI is InChI=1S/C17H24N2/c1-13(18-5)12-15(19-6)16(17(2,3)4)14-10-8-7-9-11-14/h12,14H,7-11H2,1-4H3. The number of hydrogen-bond acceptors (Lipinski definition) is 0. The predicted molar refractivity (Wildman–Crippen MR) is 80.0 cm³/mol.